The minimum absolute atomic E-state index is 0.648. The molecule has 0 N–H and O–H groups in total. The molecule has 2 nitrogen and oxygen atoms in total. The first kappa shape index (κ1) is 7.10. The van der Waals surface area contributed by atoms with Gasteiger partial charge in [-0.05, 0) is 24.6 Å². The second-order valence-corrected chi connectivity index (χ2v) is 2.53. The third-order valence-corrected chi connectivity index (χ3v) is 1.63. The van der Waals surface area contributed by atoms with Crippen molar-refractivity contribution < 1.29 is 4.42 Å². The van der Waals surface area contributed by atoms with Crippen molar-refractivity contribution in [2.45, 2.75) is 0 Å². The minimum atomic E-state index is 0.648. The zero-order valence-electron chi connectivity index (χ0n) is 6.53. The molecule has 2 aromatic rings. The molecule has 0 atom stereocenters. The highest BCUT2D eigenvalue weighted by molar-refractivity contribution is 5.53. The molecule has 1 heterocycles. The van der Waals surface area contributed by atoms with Gasteiger partial charge in [0.15, 0.2) is 0 Å². The van der Waals surface area contributed by atoms with E-state index >= 15 is 0 Å². The number of oxazole rings is 1. The molecule has 0 unspecified atom stereocenters. The van der Waals surface area contributed by atoms with Crippen LogP contribution in [0.1, 0.15) is 5.56 Å². The zero-order chi connectivity index (χ0) is 8.39. The van der Waals surface area contributed by atoms with E-state index in [1.807, 2.05) is 24.3 Å². The minimum Gasteiger partial charge on any atom is -0.445 e. The Hall–Kier alpha value is -1.57. The fraction of sp³-hybridized carbons (Fsp3) is 0. The summed E-state index contributed by atoms with van der Waals surface area (Å²) in [6.07, 6.45) is 3.20. The lowest BCUT2D eigenvalue weighted by atomic mass is 10.1. The molecule has 2 heteroatoms. The van der Waals surface area contributed by atoms with Crippen LogP contribution in [0.15, 0.2) is 41.1 Å². The first-order valence-corrected chi connectivity index (χ1v) is 3.68. The van der Waals surface area contributed by atoms with Crippen LogP contribution in [0.5, 0.6) is 0 Å². The Bertz CT molecular complexity index is 348. The van der Waals surface area contributed by atoms with Gasteiger partial charge in [0, 0.05) is 5.56 Å². The summed E-state index contributed by atoms with van der Waals surface area (Å²) in [6.45, 7) is 3.79. The summed E-state index contributed by atoms with van der Waals surface area (Å²) in [5.41, 5.74) is 1.97. The predicted molar refractivity (Wildman–Crippen MR) is 46.4 cm³/mol. The Morgan fingerprint density at radius 3 is 2.50 bits per heavy atom. The van der Waals surface area contributed by atoms with Crippen LogP contribution < -0.4 is 0 Å². The van der Waals surface area contributed by atoms with Crippen LogP contribution in [0, 0.1) is 6.92 Å². The average Bonchev–Trinajstić information content (AvgIpc) is 2.58. The second-order valence-electron chi connectivity index (χ2n) is 2.53. The molecular weight excluding hydrogens is 150 g/mol. The van der Waals surface area contributed by atoms with Crippen LogP contribution in [0.2, 0.25) is 0 Å². The molecule has 1 aromatic carbocycles. The summed E-state index contributed by atoms with van der Waals surface area (Å²) < 4.78 is 5.13. The summed E-state index contributed by atoms with van der Waals surface area (Å²) >= 11 is 0. The van der Waals surface area contributed by atoms with E-state index in [0.717, 1.165) is 11.1 Å². The number of benzene rings is 1. The third kappa shape index (κ3) is 1.23. The van der Waals surface area contributed by atoms with Crippen molar-refractivity contribution in [3.8, 4) is 11.5 Å². The van der Waals surface area contributed by atoms with Crippen molar-refractivity contribution >= 4 is 0 Å². The Morgan fingerprint density at radius 1 is 1.17 bits per heavy atom. The van der Waals surface area contributed by atoms with Crippen LogP contribution >= 0.6 is 0 Å². The van der Waals surface area contributed by atoms with Gasteiger partial charge in [0.05, 0.1) is 6.20 Å². The maximum atomic E-state index is 5.13. The summed E-state index contributed by atoms with van der Waals surface area (Å²) in [4.78, 5) is 4.03. The fourth-order valence-electron chi connectivity index (χ4n) is 1.01. The van der Waals surface area contributed by atoms with E-state index in [-0.39, 0.29) is 0 Å². The third-order valence-electron chi connectivity index (χ3n) is 1.63. The van der Waals surface area contributed by atoms with E-state index in [2.05, 4.69) is 11.9 Å². The van der Waals surface area contributed by atoms with Gasteiger partial charge in [-0.1, -0.05) is 12.1 Å². The summed E-state index contributed by atoms with van der Waals surface area (Å²) in [6, 6.07) is 7.74. The van der Waals surface area contributed by atoms with E-state index in [9.17, 15) is 0 Å². The second kappa shape index (κ2) is 2.81. The molecule has 59 valence electrons. The standard InChI is InChI=1S/C10H8NO/c1-8-2-4-9(5-3-8)10-11-6-7-12-10/h2-7H,1H2. The lowest BCUT2D eigenvalue weighted by molar-refractivity contribution is 0.574. The zero-order valence-corrected chi connectivity index (χ0v) is 6.53. The molecule has 0 fully saturated rings. The van der Waals surface area contributed by atoms with Crippen molar-refractivity contribution in [1.82, 2.24) is 4.98 Å². The normalized spacial score (nSPS) is 10.1. The molecule has 1 radical (unpaired) electrons. The quantitative estimate of drug-likeness (QED) is 0.637. The van der Waals surface area contributed by atoms with Crippen molar-refractivity contribution in [3.63, 3.8) is 0 Å². The van der Waals surface area contributed by atoms with Crippen LogP contribution in [-0.4, -0.2) is 4.98 Å². The first-order valence-electron chi connectivity index (χ1n) is 3.68. The number of hydrogen-bond acceptors (Lipinski definition) is 2. The summed E-state index contributed by atoms with van der Waals surface area (Å²) in [5, 5.41) is 0. The highest BCUT2D eigenvalue weighted by Gasteiger charge is 1.99. The Balaban J connectivity index is 2.43. The van der Waals surface area contributed by atoms with Gasteiger partial charge in [0.25, 0.3) is 0 Å². The highest BCUT2D eigenvalue weighted by Crippen LogP contribution is 2.16. The molecule has 0 aliphatic rings. The number of aromatic nitrogens is 1. The van der Waals surface area contributed by atoms with E-state index in [0.29, 0.717) is 5.89 Å². The number of hydrogen-bond donors (Lipinski definition) is 0. The molecule has 0 saturated carbocycles. The molecule has 2 rings (SSSR count). The molecule has 0 saturated heterocycles. The van der Waals surface area contributed by atoms with E-state index in [1.165, 1.54) is 0 Å². The van der Waals surface area contributed by atoms with Crippen LogP contribution in [0.3, 0.4) is 0 Å². The molecule has 1 aromatic heterocycles. The van der Waals surface area contributed by atoms with Crippen LogP contribution in [0.4, 0.5) is 0 Å². The lowest BCUT2D eigenvalue weighted by Gasteiger charge is -1.94. The largest absolute Gasteiger partial charge is 0.445 e. The molecule has 0 aliphatic heterocycles. The Morgan fingerprint density at radius 2 is 1.92 bits per heavy atom. The maximum absolute atomic E-state index is 5.13. The lowest BCUT2D eigenvalue weighted by Crippen LogP contribution is -1.76. The van der Waals surface area contributed by atoms with E-state index in [4.69, 9.17) is 4.42 Å². The van der Waals surface area contributed by atoms with Crippen molar-refractivity contribution in [1.29, 1.82) is 0 Å². The van der Waals surface area contributed by atoms with Crippen LogP contribution in [-0.2, 0) is 0 Å². The summed E-state index contributed by atoms with van der Waals surface area (Å²) in [5.74, 6) is 0.648. The molecule has 0 bridgehead atoms. The monoisotopic (exact) mass is 158 g/mol. The van der Waals surface area contributed by atoms with Gasteiger partial charge < -0.3 is 4.42 Å². The van der Waals surface area contributed by atoms with Gasteiger partial charge in [-0.3, -0.25) is 0 Å². The molecule has 0 spiro atoms. The topological polar surface area (TPSA) is 26.0 Å². The van der Waals surface area contributed by atoms with Gasteiger partial charge >= 0.3 is 0 Å². The van der Waals surface area contributed by atoms with Crippen molar-refractivity contribution in [2.75, 3.05) is 0 Å². The predicted octanol–water partition coefficient (Wildman–Crippen LogP) is 2.52. The molecule has 0 aliphatic carbocycles. The van der Waals surface area contributed by atoms with E-state index < -0.39 is 0 Å². The highest BCUT2D eigenvalue weighted by atomic mass is 16.3. The molecular formula is C10H8NO. The Labute approximate surface area is 70.9 Å². The average molecular weight is 158 g/mol. The maximum Gasteiger partial charge on any atom is 0.225 e. The summed E-state index contributed by atoms with van der Waals surface area (Å²) in [7, 11) is 0. The van der Waals surface area contributed by atoms with Gasteiger partial charge in [-0.15, -0.1) is 0 Å². The molecule has 12 heavy (non-hydrogen) atoms. The van der Waals surface area contributed by atoms with E-state index in [1.54, 1.807) is 12.5 Å². The SMILES string of the molecule is [CH2]c1ccc(-c2ncco2)cc1. The Kier molecular flexibility index (Phi) is 1.67. The molecule has 0 amide bonds. The van der Waals surface area contributed by atoms with Gasteiger partial charge in [0.1, 0.15) is 6.26 Å². The van der Waals surface area contributed by atoms with Gasteiger partial charge in [0.2, 0.25) is 5.89 Å². The van der Waals surface area contributed by atoms with Crippen molar-refractivity contribution in [2.24, 2.45) is 0 Å². The number of rotatable bonds is 1. The first-order chi connectivity index (χ1) is 5.86. The number of nitrogens with zero attached hydrogens (tertiary/aromatic N) is 1. The fourth-order valence-corrected chi connectivity index (χ4v) is 1.01. The van der Waals surface area contributed by atoms with Gasteiger partial charge in [-0.2, -0.15) is 0 Å². The smallest absolute Gasteiger partial charge is 0.225 e. The van der Waals surface area contributed by atoms with Gasteiger partial charge in [-0.25, -0.2) is 4.98 Å². The van der Waals surface area contributed by atoms with Crippen molar-refractivity contribution in [3.05, 3.63) is 49.2 Å². The van der Waals surface area contributed by atoms with Crippen LogP contribution in [0.25, 0.3) is 11.5 Å².